The molecule has 9 heavy (non-hydrogen) atoms. The van der Waals surface area contributed by atoms with Crippen molar-refractivity contribution in [1.29, 1.82) is 0 Å². The normalized spacial score (nSPS) is 36.0. The van der Waals surface area contributed by atoms with Gasteiger partial charge in [0.05, 0.1) is 5.92 Å². The van der Waals surface area contributed by atoms with Crippen molar-refractivity contribution in [2.75, 3.05) is 0 Å². The highest BCUT2D eigenvalue weighted by molar-refractivity contribution is 5.72. The maximum atomic E-state index is 10.6. The van der Waals surface area contributed by atoms with Crippen LogP contribution in [0.2, 0.25) is 0 Å². The Hall–Kier alpha value is -0.570. The summed E-state index contributed by atoms with van der Waals surface area (Å²) in [5.41, 5.74) is 0. The predicted octanol–water partition coefficient (Wildman–Crippen LogP) is 0.278. The van der Waals surface area contributed by atoms with Gasteiger partial charge in [-0.25, -0.2) is 0 Å². The van der Waals surface area contributed by atoms with Gasteiger partial charge in [-0.2, -0.15) is 0 Å². The molecule has 2 unspecified atom stereocenters. The monoisotopic (exact) mass is 130 g/mol. The van der Waals surface area contributed by atoms with Gasteiger partial charge < -0.3 is 9.84 Å². The SMILES string of the molecule is CC1CCC(O)OC1=O. The Bertz CT molecular complexity index is 121. The van der Waals surface area contributed by atoms with E-state index in [2.05, 4.69) is 4.74 Å². The third-order valence-corrected chi connectivity index (χ3v) is 1.50. The molecule has 1 rings (SSSR count). The van der Waals surface area contributed by atoms with Crippen molar-refractivity contribution in [1.82, 2.24) is 0 Å². The van der Waals surface area contributed by atoms with Crippen LogP contribution in [-0.4, -0.2) is 17.4 Å². The van der Waals surface area contributed by atoms with E-state index in [1.54, 1.807) is 6.92 Å². The van der Waals surface area contributed by atoms with Crippen LogP contribution < -0.4 is 0 Å². The van der Waals surface area contributed by atoms with Crippen LogP contribution in [0.5, 0.6) is 0 Å². The molecule has 1 aliphatic heterocycles. The van der Waals surface area contributed by atoms with Crippen LogP contribution >= 0.6 is 0 Å². The van der Waals surface area contributed by atoms with Crippen LogP contribution in [0.3, 0.4) is 0 Å². The minimum Gasteiger partial charge on any atom is -0.436 e. The number of aliphatic hydroxyl groups is 1. The zero-order chi connectivity index (χ0) is 6.85. The molecule has 1 N–H and O–H groups in total. The van der Waals surface area contributed by atoms with E-state index in [4.69, 9.17) is 5.11 Å². The lowest BCUT2D eigenvalue weighted by Crippen LogP contribution is -2.28. The number of hydrogen-bond donors (Lipinski definition) is 1. The van der Waals surface area contributed by atoms with Crippen LogP contribution in [-0.2, 0) is 9.53 Å². The fraction of sp³-hybridized carbons (Fsp3) is 0.833. The van der Waals surface area contributed by atoms with Crippen molar-refractivity contribution in [3.05, 3.63) is 0 Å². The number of carbonyl (C=O) groups excluding carboxylic acids is 1. The van der Waals surface area contributed by atoms with Gasteiger partial charge in [0.2, 0.25) is 6.29 Å². The molecule has 52 valence electrons. The van der Waals surface area contributed by atoms with Crippen LogP contribution in [0.1, 0.15) is 19.8 Å². The highest BCUT2D eigenvalue weighted by Gasteiger charge is 2.24. The number of esters is 1. The molecule has 0 aromatic carbocycles. The number of ether oxygens (including phenoxy) is 1. The second kappa shape index (κ2) is 2.35. The summed E-state index contributed by atoms with van der Waals surface area (Å²) in [6.45, 7) is 1.80. The minimum atomic E-state index is -0.853. The molecule has 0 aliphatic carbocycles. The fourth-order valence-electron chi connectivity index (χ4n) is 0.820. The first-order valence-corrected chi connectivity index (χ1v) is 3.08. The summed E-state index contributed by atoms with van der Waals surface area (Å²) in [4.78, 5) is 10.6. The smallest absolute Gasteiger partial charge is 0.310 e. The minimum absolute atomic E-state index is 0.0339. The van der Waals surface area contributed by atoms with Crippen LogP contribution in [0, 0.1) is 5.92 Å². The van der Waals surface area contributed by atoms with Crippen LogP contribution in [0.15, 0.2) is 0 Å². The first-order valence-electron chi connectivity index (χ1n) is 3.08. The number of cyclic esters (lactones) is 1. The Morgan fingerprint density at radius 3 is 2.78 bits per heavy atom. The first-order chi connectivity index (χ1) is 4.20. The van der Waals surface area contributed by atoms with Crippen molar-refractivity contribution in [2.45, 2.75) is 26.1 Å². The van der Waals surface area contributed by atoms with E-state index >= 15 is 0 Å². The zero-order valence-electron chi connectivity index (χ0n) is 5.33. The molecule has 1 aliphatic rings. The summed E-state index contributed by atoms with van der Waals surface area (Å²) in [5.74, 6) is -0.317. The highest BCUT2D eigenvalue weighted by Crippen LogP contribution is 2.17. The number of aliphatic hydroxyl groups excluding tert-OH is 1. The zero-order valence-corrected chi connectivity index (χ0v) is 5.33. The second-order valence-electron chi connectivity index (χ2n) is 2.37. The standard InChI is InChI=1S/C6H10O3/c1-4-2-3-5(7)9-6(4)8/h4-5,7H,2-3H2,1H3. The summed E-state index contributed by atoms with van der Waals surface area (Å²) in [5, 5.41) is 8.75. The molecule has 2 atom stereocenters. The quantitative estimate of drug-likeness (QED) is 0.479. The number of carbonyl (C=O) groups is 1. The molecule has 0 aromatic heterocycles. The van der Waals surface area contributed by atoms with Crippen LogP contribution in [0.25, 0.3) is 0 Å². The van der Waals surface area contributed by atoms with E-state index in [1.807, 2.05) is 0 Å². The molecule has 1 saturated heterocycles. The Labute approximate surface area is 53.6 Å². The summed E-state index contributed by atoms with van der Waals surface area (Å²) in [6.07, 6.45) is 0.459. The van der Waals surface area contributed by atoms with E-state index in [9.17, 15) is 4.79 Å². The van der Waals surface area contributed by atoms with Gasteiger partial charge in [-0.15, -0.1) is 0 Å². The summed E-state index contributed by atoms with van der Waals surface area (Å²) in [6, 6.07) is 0. The molecule has 0 spiro atoms. The molecular formula is C6H10O3. The average molecular weight is 130 g/mol. The van der Waals surface area contributed by atoms with Crippen molar-refractivity contribution < 1.29 is 14.6 Å². The van der Waals surface area contributed by atoms with Gasteiger partial charge in [0.15, 0.2) is 0 Å². The fourth-order valence-corrected chi connectivity index (χ4v) is 0.820. The molecule has 3 heteroatoms. The highest BCUT2D eigenvalue weighted by atomic mass is 16.6. The van der Waals surface area contributed by atoms with Gasteiger partial charge in [0, 0.05) is 6.42 Å². The van der Waals surface area contributed by atoms with Crippen molar-refractivity contribution >= 4 is 5.97 Å². The molecule has 0 bridgehead atoms. The van der Waals surface area contributed by atoms with E-state index in [-0.39, 0.29) is 11.9 Å². The van der Waals surface area contributed by atoms with Crippen LogP contribution in [0.4, 0.5) is 0 Å². The molecule has 1 heterocycles. The largest absolute Gasteiger partial charge is 0.436 e. The lowest BCUT2D eigenvalue weighted by atomic mass is 10.0. The maximum absolute atomic E-state index is 10.6. The van der Waals surface area contributed by atoms with Crippen molar-refractivity contribution in [3.8, 4) is 0 Å². The Kier molecular flexibility index (Phi) is 1.71. The van der Waals surface area contributed by atoms with E-state index < -0.39 is 6.29 Å². The van der Waals surface area contributed by atoms with Gasteiger partial charge in [0.25, 0.3) is 0 Å². The van der Waals surface area contributed by atoms with Gasteiger partial charge in [0.1, 0.15) is 0 Å². The summed E-state index contributed by atoms with van der Waals surface area (Å²) >= 11 is 0. The Balaban J connectivity index is 2.44. The number of hydrogen-bond acceptors (Lipinski definition) is 3. The average Bonchev–Trinajstić information content (AvgIpc) is 1.80. The van der Waals surface area contributed by atoms with Crippen molar-refractivity contribution in [2.24, 2.45) is 5.92 Å². The van der Waals surface area contributed by atoms with Gasteiger partial charge >= 0.3 is 5.97 Å². The Morgan fingerprint density at radius 2 is 2.33 bits per heavy atom. The van der Waals surface area contributed by atoms with Gasteiger partial charge in [-0.05, 0) is 6.42 Å². The molecule has 3 nitrogen and oxygen atoms in total. The molecular weight excluding hydrogens is 120 g/mol. The third-order valence-electron chi connectivity index (χ3n) is 1.50. The maximum Gasteiger partial charge on any atom is 0.310 e. The lowest BCUT2D eigenvalue weighted by molar-refractivity contribution is -0.182. The first kappa shape index (κ1) is 6.55. The molecule has 1 fully saturated rings. The Morgan fingerprint density at radius 1 is 1.67 bits per heavy atom. The van der Waals surface area contributed by atoms with Crippen molar-refractivity contribution in [3.63, 3.8) is 0 Å². The molecule has 0 saturated carbocycles. The topological polar surface area (TPSA) is 46.5 Å². The molecule has 0 radical (unpaired) electrons. The lowest BCUT2D eigenvalue weighted by Gasteiger charge is -2.21. The van der Waals surface area contributed by atoms with Gasteiger partial charge in [-0.3, -0.25) is 4.79 Å². The number of rotatable bonds is 0. The van der Waals surface area contributed by atoms with E-state index in [1.165, 1.54) is 0 Å². The van der Waals surface area contributed by atoms with Gasteiger partial charge in [-0.1, -0.05) is 6.92 Å². The molecule has 0 amide bonds. The second-order valence-corrected chi connectivity index (χ2v) is 2.37. The molecule has 0 aromatic rings. The third kappa shape index (κ3) is 1.42. The van der Waals surface area contributed by atoms with E-state index in [0.717, 1.165) is 6.42 Å². The predicted molar refractivity (Wildman–Crippen MR) is 30.5 cm³/mol. The summed E-state index contributed by atoms with van der Waals surface area (Å²) in [7, 11) is 0. The van der Waals surface area contributed by atoms with E-state index in [0.29, 0.717) is 6.42 Å². The summed E-state index contributed by atoms with van der Waals surface area (Å²) < 4.78 is 4.52.